The number of benzene rings is 1. The molecule has 0 saturated carbocycles. The summed E-state index contributed by atoms with van der Waals surface area (Å²) in [6.07, 6.45) is 0.443. The number of nitrogens with one attached hydrogen (secondary N) is 1. The lowest BCUT2D eigenvalue weighted by Gasteiger charge is -2.18. The Balaban J connectivity index is 1.74. The van der Waals surface area contributed by atoms with Gasteiger partial charge in [-0.15, -0.1) is 0 Å². The van der Waals surface area contributed by atoms with Crippen molar-refractivity contribution >= 4 is 29.5 Å². The number of nitrogens with zero attached hydrogens (tertiary/aromatic N) is 1. The van der Waals surface area contributed by atoms with Crippen LogP contribution in [0, 0.1) is 0 Å². The van der Waals surface area contributed by atoms with Crippen LogP contribution < -0.4 is 10.1 Å². The van der Waals surface area contributed by atoms with Gasteiger partial charge >= 0.3 is 12.0 Å². The molecule has 1 aromatic rings. The third-order valence-electron chi connectivity index (χ3n) is 3.77. The SMILES string of the molecule is CC[C@@]1(C)NC(=O)N(CC(=O)OCCOc2ccc(Cl)cc2)C1=O. The van der Waals surface area contributed by atoms with Crippen LogP contribution in [-0.2, 0) is 14.3 Å². The number of halogens is 1. The lowest BCUT2D eigenvalue weighted by atomic mass is 9.99. The fraction of sp³-hybridized carbons (Fsp3) is 0.438. The topological polar surface area (TPSA) is 84.9 Å². The molecule has 1 aliphatic heterocycles. The summed E-state index contributed by atoms with van der Waals surface area (Å²) >= 11 is 5.76. The van der Waals surface area contributed by atoms with Gasteiger partial charge in [-0.3, -0.25) is 14.5 Å². The molecule has 130 valence electrons. The minimum absolute atomic E-state index is 0.0101. The van der Waals surface area contributed by atoms with Gasteiger partial charge in [-0.1, -0.05) is 18.5 Å². The fourth-order valence-corrected chi connectivity index (χ4v) is 2.28. The molecule has 1 saturated heterocycles. The van der Waals surface area contributed by atoms with E-state index in [2.05, 4.69) is 5.32 Å². The first-order chi connectivity index (χ1) is 11.4. The number of carbonyl (C=O) groups excluding carboxylic acids is 3. The van der Waals surface area contributed by atoms with Crippen LogP contribution in [0.25, 0.3) is 0 Å². The average molecular weight is 355 g/mol. The number of carbonyl (C=O) groups is 3. The van der Waals surface area contributed by atoms with Crippen LogP contribution in [0.2, 0.25) is 5.02 Å². The molecule has 1 fully saturated rings. The first kappa shape index (κ1) is 18.1. The molecule has 7 nitrogen and oxygen atoms in total. The van der Waals surface area contributed by atoms with E-state index in [0.29, 0.717) is 17.2 Å². The Bertz CT molecular complexity index is 634. The maximum atomic E-state index is 12.1. The maximum Gasteiger partial charge on any atom is 0.326 e. The molecule has 1 atom stereocenters. The predicted molar refractivity (Wildman–Crippen MR) is 86.8 cm³/mol. The largest absolute Gasteiger partial charge is 0.490 e. The summed E-state index contributed by atoms with van der Waals surface area (Å²) in [5.41, 5.74) is -0.963. The van der Waals surface area contributed by atoms with Crippen LogP contribution in [0.5, 0.6) is 5.75 Å². The van der Waals surface area contributed by atoms with Gasteiger partial charge in [0.1, 0.15) is 31.0 Å². The molecular weight excluding hydrogens is 336 g/mol. The Morgan fingerprint density at radius 1 is 1.25 bits per heavy atom. The highest BCUT2D eigenvalue weighted by Gasteiger charge is 2.47. The summed E-state index contributed by atoms with van der Waals surface area (Å²) in [6, 6.07) is 6.18. The Labute approximate surface area is 144 Å². The van der Waals surface area contributed by atoms with Crippen molar-refractivity contribution in [2.24, 2.45) is 0 Å². The smallest absolute Gasteiger partial charge is 0.326 e. The quantitative estimate of drug-likeness (QED) is 0.460. The maximum absolute atomic E-state index is 12.1. The highest BCUT2D eigenvalue weighted by Crippen LogP contribution is 2.20. The molecule has 0 aromatic heterocycles. The zero-order valence-corrected chi connectivity index (χ0v) is 14.3. The van der Waals surface area contributed by atoms with Gasteiger partial charge in [0.25, 0.3) is 5.91 Å². The number of esters is 1. The molecule has 0 aliphatic carbocycles. The molecule has 24 heavy (non-hydrogen) atoms. The van der Waals surface area contributed by atoms with E-state index in [1.165, 1.54) is 0 Å². The summed E-state index contributed by atoms with van der Waals surface area (Å²) in [4.78, 5) is 36.6. The highest BCUT2D eigenvalue weighted by atomic mass is 35.5. The van der Waals surface area contributed by atoms with Gasteiger partial charge in [0.15, 0.2) is 0 Å². The van der Waals surface area contributed by atoms with Crippen LogP contribution >= 0.6 is 11.6 Å². The van der Waals surface area contributed by atoms with Gasteiger partial charge in [-0.05, 0) is 37.6 Å². The standard InChI is InChI=1S/C16H19ClN2O5/c1-3-16(2)14(21)19(15(22)18-16)10-13(20)24-9-8-23-12-6-4-11(17)5-7-12/h4-7H,3,8-10H2,1-2H3,(H,18,22)/t16-/m1/s1. The van der Waals surface area contributed by atoms with E-state index < -0.39 is 30.0 Å². The Kier molecular flexibility index (Phi) is 5.66. The molecule has 1 aliphatic rings. The molecule has 2 rings (SSSR count). The van der Waals surface area contributed by atoms with Crippen LogP contribution in [0.3, 0.4) is 0 Å². The van der Waals surface area contributed by atoms with Crippen LogP contribution in [0.4, 0.5) is 4.79 Å². The van der Waals surface area contributed by atoms with Gasteiger partial charge in [0, 0.05) is 5.02 Å². The van der Waals surface area contributed by atoms with E-state index in [1.54, 1.807) is 38.1 Å². The Hall–Kier alpha value is -2.28. The van der Waals surface area contributed by atoms with E-state index in [0.717, 1.165) is 4.90 Å². The van der Waals surface area contributed by atoms with E-state index in [9.17, 15) is 14.4 Å². The van der Waals surface area contributed by atoms with Crippen molar-refractivity contribution in [2.75, 3.05) is 19.8 Å². The minimum atomic E-state index is -0.963. The zero-order chi connectivity index (χ0) is 17.7. The second-order valence-electron chi connectivity index (χ2n) is 5.53. The van der Waals surface area contributed by atoms with E-state index in [1.807, 2.05) is 0 Å². The molecule has 1 heterocycles. The molecule has 8 heteroatoms. The number of imide groups is 1. The normalized spacial score (nSPS) is 20.0. The van der Waals surface area contributed by atoms with Crippen molar-refractivity contribution in [3.63, 3.8) is 0 Å². The average Bonchev–Trinajstić information content (AvgIpc) is 2.77. The number of hydrogen-bond donors (Lipinski definition) is 1. The monoisotopic (exact) mass is 354 g/mol. The lowest BCUT2D eigenvalue weighted by molar-refractivity contribution is -0.148. The van der Waals surface area contributed by atoms with Crippen molar-refractivity contribution < 1.29 is 23.9 Å². The van der Waals surface area contributed by atoms with Crippen molar-refractivity contribution in [1.82, 2.24) is 10.2 Å². The fourth-order valence-electron chi connectivity index (χ4n) is 2.15. The van der Waals surface area contributed by atoms with E-state index in [4.69, 9.17) is 21.1 Å². The van der Waals surface area contributed by atoms with Crippen molar-refractivity contribution in [3.8, 4) is 5.75 Å². The van der Waals surface area contributed by atoms with E-state index >= 15 is 0 Å². The van der Waals surface area contributed by atoms with Gasteiger partial charge in [-0.25, -0.2) is 4.79 Å². The number of hydrogen-bond acceptors (Lipinski definition) is 5. The van der Waals surface area contributed by atoms with Crippen LogP contribution in [0.15, 0.2) is 24.3 Å². The van der Waals surface area contributed by atoms with Gasteiger partial charge in [0.2, 0.25) is 0 Å². The molecular formula is C16H19ClN2O5. The molecule has 3 amide bonds. The third kappa shape index (κ3) is 4.17. The van der Waals surface area contributed by atoms with Crippen LogP contribution in [0.1, 0.15) is 20.3 Å². The van der Waals surface area contributed by atoms with Crippen molar-refractivity contribution in [2.45, 2.75) is 25.8 Å². The number of urea groups is 1. The lowest BCUT2D eigenvalue weighted by Crippen LogP contribution is -2.43. The highest BCUT2D eigenvalue weighted by molar-refractivity contribution is 6.30. The molecule has 0 unspecified atom stereocenters. The minimum Gasteiger partial charge on any atom is -0.490 e. The summed E-state index contributed by atoms with van der Waals surface area (Å²) in [6.45, 7) is 3.16. The molecule has 1 aromatic carbocycles. The summed E-state index contributed by atoms with van der Waals surface area (Å²) in [5.74, 6) is -0.494. The number of rotatable bonds is 7. The number of amides is 3. The van der Waals surface area contributed by atoms with Gasteiger partial charge in [-0.2, -0.15) is 0 Å². The van der Waals surface area contributed by atoms with Crippen molar-refractivity contribution in [3.05, 3.63) is 29.3 Å². The number of ether oxygens (including phenoxy) is 2. The zero-order valence-electron chi connectivity index (χ0n) is 13.5. The second kappa shape index (κ2) is 7.53. The summed E-state index contributed by atoms with van der Waals surface area (Å²) in [7, 11) is 0. The van der Waals surface area contributed by atoms with Gasteiger partial charge in [0.05, 0.1) is 0 Å². The third-order valence-corrected chi connectivity index (χ3v) is 4.02. The molecule has 0 spiro atoms. The van der Waals surface area contributed by atoms with Crippen molar-refractivity contribution in [1.29, 1.82) is 0 Å². The Morgan fingerprint density at radius 2 is 1.92 bits per heavy atom. The summed E-state index contributed by atoms with van der Waals surface area (Å²) < 4.78 is 10.4. The molecule has 1 N–H and O–H groups in total. The summed E-state index contributed by atoms with van der Waals surface area (Å²) in [5, 5.41) is 3.17. The van der Waals surface area contributed by atoms with Crippen LogP contribution in [-0.4, -0.2) is 48.1 Å². The second-order valence-corrected chi connectivity index (χ2v) is 5.97. The predicted octanol–water partition coefficient (Wildman–Crippen LogP) is 1.98. The van der Waals surface area contributed by atoms with E-state index in [-0.39, 0.29) is 13.2 Å². The molecule has 0 bridgehead atoms. The Morgan fingerprint density at radius 3 is 2.50 bits per heavy atom. The van der Waals surface area contributed by atoms with Gasteiger partial charge < -0.3 is 14.8 Å². The first-order valence-electron chi connectivity index (χ1n) is 7.54. The first-order valence-corrected chi connectivity index (χ1v) is 7.91. The molecule has 0 radical (unpaired) electrons.